The monoisotopic (exact) mass is 230 g/mol. The number of hydrogen-bond acceptors (Lipinski definition) is 4. The maximum Gasteiger partial charge on any atom is 0.317 e. The van der Waals surface area contributed by atoms with E-state index in [4.69, 9.17) is 10.8 Å². The molecule has 1 amide bonds. The molecule has 6 nitrogen and oxygen atoms in total. The maximum atomic E-state index is 10.8. The lowest BCUT2D eigenvalue weighted by Gasteiger charge is -2.35. The van der Waals surface area contributed by atoms with Crippen LogP contribution < -0.4 is 5.73 Å². The van der Waals surface area contributed by atoms with Crippen LogP contribution in [-0.2, 0) is 9.59 Å². The van der Waals surface area contributed by atoms with Crippen molar-refractivity contribution in [2.24, 2.45) is 5.73 Å². The van der Waals surface area contributed by atoms with Gasteiger partial charge in [0.2, 0.25) is 5.91 Å². The summed E-state index contributed by atoms with van der Waals surface area (Å²) in [4.78, 5) is 23.0. The molecule has 1 aliphatic carbocycles. The number of rotatable bonds is 5. The number of aliphatic carboxylic acids is 1. The minimum absolute atomic E-state index is 0.117. The minimum atomic E-state index is -1.01. The third-order valence-corrected chi connectivity index (χ3v) is 2.86. The van der Waals surface area contributed by atoms with Crippen molar-refractivity contribution >= 4 is 11.9 Å². The summed E-state index contributed by atoms with van der Waals surface area (Å²) in [7, 11) is 0. The standard InChI is InChI=1S/C10H18N2O4/c11-9(14)5-12(6-10(15)16)7-3-1-2-4-8(7)13/h7-8,13H,1-6H2,(H2,11,14)(H,15,16). The average molecular weight is 230 g/mol. The van der Waals surface area contributed by atoms with Gasteiger partial charge in [-0.25, -0.2) is 0 Å². The van der Waals surface area contributed by atoms with Crippen molar-refractivity contribution < 1.29 is 19.8 Å². The molecular formula is C10H18N2O4. The van der Waals surface area contributed by atoms with Crippen molar-refractivity contribution in [3.05, 3.63) is 0 Å². The highest BCUT2D eigenvalue weighted by atomic mass is 16.4. The molecule has 1 rings (SSSR count). The molecular weight excluding hydrogens is 212 g/mol. The summed E-state index contributed by atoms with van der Waals surface area (Å²) >= 11 is 0. The number of carbonyl (C=O) groups excluding carboxylic acids is 1. The molecule has 0 bridgehead atoms. The van der Waals surface area contributed by atoms with Crippen LogP contribution in [0.1, 0.15) is 25.7 Å². The van der Waals surface area contributed by atoms with Gasteiger partial charge in [-0.1, -0.05) is 12.8 Å². The molecule has 0 saturated heterocycles. The zero-order chi connectivity index (χ0) is 12.1. The van der Waals surface area contributed by atoms with Crippen molar-refractivity contribution in [3.63, 3.8) is 0 Å². The van der Waals surface area contributed by atoms with E-state index in [-0.39, 0.29) is 19.1 Å². The lowest BCUT2D eigenvalue weighted by atomic mass is 9.91. The summed E-state index contributed by atoms with van der Waals surface area (Å²) in [5.41, 5.74) is 5.07. The molecule has 1 aliphatic rings. The number of carboxylic acids is 1. The van der Waals surface area contributed by atoms with Crippen molar-refractivity contribution in [1.29, 1.82) is 0 Å². The number of hydrogen-bond donors (Lipinski definition) is 3. The number of aliphatic hydroxyl groups excluding tert-OH is 1. The first-order valence-electron chi connectivity index (χ1n) is 5.43. The number of nitrogens with two attached hydrogens (primary N) is 1. The van der Waals surface area contributed by atoms with Gasteiger partial charge in [-0.05, 0) is 12.8 Å². The van der Waals surface area contributed by atoms with Crippen LogP contribution in [-0.4, -0.2) is 52.2 Å². The third-order valence-electron chi connectivity index (χ3n) is 2.86. The topological polar surface area (TPSA) is 104 Å². The van der Waals surface area contributed by atoms with Crippen molar-refractivity contribution in [2.45, 2.75) is 37.8 Å². The van der Waals surface area contributed by atoms with Crippen LogP contribution in [0.25, 0.3) is 0 Å². The Balaban J connectivity index is 2.65. The van der Waals surface area contributed by atoms with Gasteiger partial charge in [-0.2, -0.15) is 0 Å². The van der Waals surface area contributed by atoms with Crippen LogP contribution in [0.15, 0.2) is 0 Å². The molecule has 16 heavy (non-hydrogen) atoms. The number of amides is 1. The Morgan fingerprint density at radius 3 is 2.38 bits per heavy atom. The van der Waals surface area contributed by atoms with Gasteiger partial charge in [0.05, 0.1) is 19.2 Å². The van der Waals surface area contributed by atoms with Crippen LogP contribution in [0.4, 0.5) is 0 Å². The van der Waals surface area contributed by atoms with Gasteiger partial charge in [0.15, 0.2) is 0 Å². The lowest BCUT2D eigenvalue weighted by Crippen LogP contribution is -2.50. The molecule has 0 spiro atoms. The number of primary amides is 1. The summed E-state index contributed by atoms with van der Waals surface area (Å²) in [5.74, 6) is -1.59. The average Bonchev–Trinajstić information content (AvgIpc) is 2.15. The Labute approximate surface area is 94.0 Å². The summed E-state index contributed by atoms with van der Waals surface area (Å²) in [6.45, 7) is -0.376. The number of nitrogens with zero attached hydrogens (tertiary/aromatic N) is 1. The Kier molecular flexibility index (Phi) is 4.70. The zero-order valence-electron chi connectivity index (χ0n) is 9.13. The second-order valence-electron chi connectivity index (χ2n) is 4.18. The fourth-order valence-electron chi connectivity index (χ4n) is 2.18. The predicted molar refractivity (Wildman–Crippen MR) is 56.7 cm³/mol. The molecule has 0 heterocycles. The lowest BCUT2D eigenvalue weighted by molar-refractivity contribution is -0.140. The molecule has 6 heteroatoms. The smallest absolute Gasteiger partial charge is 0.317 e. The second-order valence-corrected chi connectivity index (χ2v) is 4.18. The highest BCUT2D eigenvalue weighted by Gasteiger charge is 2.30. The van der Waals surface area contributed by atoms with E-state index in [0.29, 0.717) is 12.8 Å². The van der Waals surface area contributed by atoms with Crippen LogP contribution in [0.5, 0.6) is 0 Å². The number of carbonyl (C=O) groups is 2. The molecule has 0 aromatic carbocycles. The summed E-state index contributed by atoms with van der Waals surface area (Å²) < 4.78 is 0. The first kappa shape index (κ1) is 12.9. The quantitative estimate of drug-likeness (QED) is 0.571. The Bertz CT molecular complexity index is 254. The first-order valence-corrected chi connectivity index (χ1v) is 5.43. The van der Waals surface area contributed by atoms with E-state index >= 15 is 0 Å². The maximum absolute atomic E-state index is 10.8. The van der Waals surface area contributed by atoms with Crippen LogP contribution in [0.3, 0.4) is 0 Å². The Morgan fingerprint density at radius 1 is 1.25 bits per heavy atom. The highest BCUT2D eigenvalue weighted by molar-refractivity contribution is 5.77. The molecule has 0 aromatic heterocycles. The largest absolute Gasteiger partial charge is 0.480 e. The van der Waals surface area contributed by atoms with Gasteiger partial charge in [-0.3, -0.25) is 14.5 Å². The normalized spacial score (nSPS) is 25.6. The van der Waals surface area contributed by atoms with Crippen LogP contribution >= 0.6 is 0 Å². The van der Waals surface area contributed by atoms with Gasteiger partial charge in [0.25, 0.3) is 0 Å². The number of aliphatic hydroxyl groups is 1. The van der Waals surface area contributed by atoms with E-state index in [0.717, 1.165) is 12.8 Å². The molecule has 4 N–H and O–H groups in total. The first-order chi connectivity index (χ1) is 7.50. The fourth-order valence-corrected chi connectivity index (χ4v) is 2.18. The van der Waals surface area contributed by atoms with E-state index < -0.39 is 18.0 Å². The molecule has 0 aliphatic heterocycles. The third kappa shape index (κ3) is 3.79. The predicted octanol–water partition coefficient (Wildman–Crippen LogP) is -0.838. The fraction of sp³-hybridized carbons (Fsp3) is 0.800. The van der Waals surface area contributed by atoms with Crippen molar-refractivity contribution in [1.82, 2.24) is 4.90 Å². The van der Waals surface area contributed by atoms with E-state index in [2.05, 4.69) is 0 Å². The SMILES string of the molecule is NC(=O)CN(CC(=O)O)C1CCCCC1O. The summed E-state index contributed by atoms with van der Waals surface area (Å²) in [6, 6.07) is -0.266. The van der Waals surface area contributed by atoms with E-state index in [1.165, 1.54) is 4.90 Å². The molecule has 0 aromatic rings. The van der Waals surface area contributed by atoms with Gasteiger partial charge in [0, 0.05) is 6.04 Å². The molecule has 2 unspecified atom stereocenters. The van der Waals surface area contributed by atoms with Gasteiger partial charge >= 0.3 is 5.97 Å². The zero-order valence-corrected chi connectivity index (χ0v) is 9.13. The van der Waals surface area contributed by atoms with E-state index in [1.807, 2.05) is 0 Å². The van der Waals surface area contributed by atoms with Crippen LogP contribution in [0, 0.1) is 0 Å². The minimum Gasteiger partial charge on any atom is -0.480 e. The molecule has 0 radical (unpaired) electrons. The Morgan fingerprint density at radius 2 is 1.88 bits per heavy atom. The molecule has 2 atom stereocenters. The summed E-state index contributed by atoms with van der Waals surface area (Å²) in [6.07, 6.45) is 2.68. The van der Waals surface area contributed by atoms with Crippen molar-refractivity contribution in [3.8, 4) is 0 Å². The molecule has 1 saturated carbocycles. The van der Waals surface area contributed by atoms with Crippen LogP contribution in [0.2, 0.25) is 0 Å². The van der Waals surface area contributed by atoms with E-state index in [1.54, 1.807) is 0 Å². The molecule has 1 fully saturated rings. The highest BCUT2D eigenvalue weighted by Crippen LogP contribution is 2.22. The van der Waals surface area contributed by atoms with Gasteiger partial charge in [0.1, 0.15) is 0 Å². The number of carboxylic acid groups (broad SMARTS) is 1. The van der Waals surface area contributed by atoms with Crippen molar-refractivity contribution in [2.75, 3.05) is 13.1 Å². The van der Waals surface area contributed by atoms with E-state index in [9.17, 15) is 14.7 Å². The molecule has 92 valence electrons. The van der Waals surface area contributed by atoms with Gasteiger partial charge in [-0.15, -0.1) is 0 Å². The van der Waals surface area contributed by atoms with Gasteiger partial charge < -0.3 is 15.9 Å². The Hall–Kier alpha value is -1.14. The summed E-state index contributed by atoms with van der Waals surface area (Å²) in [5, 5.41) is 18.5. The second kappa shape index (κ2) is 5.81.